The molecular weight excluding hydrogens is 338 g/mol. The summed E-state index contributed by atoms with van der Waals surface area (Å²) in [6.07, 6.45) is 1.82. The maximum absolute atomic E-state index is 9.06. The average Bonchev–Trinajstić information content (AvgIpc) is 2.59. The predicted octanol–water partition coefficient (Wildman–Crippen LogP) is 3.08. The van der Waals surface area contributed by atoms with Crippen molar-refractivity contribution in [3.63, 3.8) is 0 Å². The van der Waals surface area contributed by atoms with Gasteiger partial charge in [-0.05, 0) is 38.8 Å². The zero-order valence-electron chi connectivity index (χ0n) is 9.33. The van der Waals surface area contributed by atoms with Crippen LogP contribution in [0.5, 0.6) is 0 Å². The summed E-state index contributed by atoms with van der Waals surface area (Å²) in [5.41, 5.74) is 2.31. The van der Waals surface area contributed by atoms with E-state index in [0.29, 0.717) is 10.3 Å². The number of aliphatic hydroxyl groups excluding tert-OH is 1. The fourth-order valence-electron chi connectivity index (χ4n) is 1.29. The number of imidazole rings is 1. The van der Waals surface area contributed by atoms with Crippen molar-refractivity contribution in [2.75, 3.05) is 0 Å². The summed E-state index contributed by atoms with van der Waals surface area (Å²) >= 11 is 6.61. The molecule has 2 aromatic rings. The minimum absolute atomic E-state index is 0.0580. The SMILES string of the molecule is CC.Cc1c(CO)nc2c(Br)nc(Br)cn12. The molecule has 1 N–H and O–H groups in total. The highest BCUT2D eigenvalue weighted by Crippen LogP contribution is 2.21. The highest BCUT2D eigenvalue weighted by molar-refractivity contribution is 9.11. The van der Waals surface area contributed by atoms with Crippen molar-refractivity contribution >= 4 is 37.5 Å². The summed E-state index contributed by atoms with van der Waals surface area (Å²) in [4.78, 5) is 8.41. The Balaban J connectivity index is 0.000000606. The lowest BCUT2D eigenvalue weighted by molar-refractivity contribution is 0.276. The summed E-state index contributed by atoms with van der Waals surface area (Å²) in [7, 11) is 0. The molecule has 88 valence electrons. The van der Waals surface area contributed by atoms with Crippen LogP contribution in [0, 0.1) is 6.92 Å². The lowest BCUT2D eigenvalue weighted by Gasteiger charge is -1.98. The van der Waals surface area contributed by atoms with E-state index in [1.54, 1.807) is 0 Å². The minimum atomic E-state index is -0.0580. The Hall–Kier alpha value is -0.460. The van der Waals surface area contributed by atoms with Crippen LogP contribution in [0.1, 0.15) is 25.2 Å². The van der Waals surface area contributed by atoms with Crippen molar-refractivity contribution in [2.24, 2.45) is 0 Å². The molecule has 0 amide bonds. The number of hydrogen-bond donors (Lipinski definition) is 1. The molecule has 0 spiro atoms. The molecule has 0 aromatic carbocycles. The van der Waals surface area contributed by atoms with E-state index in [4.69, 9.17) is 5.11 Å². The number of aromatic nitrogens is 3. The number of rotatable bonds is 1. The summed E-state index contributed by atoms with van der Waals surface area (Å²) < 4.78 is 3.27. The zero-order valence-corrected chi connectivity index (χ0v) is 12.5. The summed E-state index contributed by atoms with van der Waals surface area (Å²) in [5.74, 6) is 0. The number of fused-ring (bicyclic) bond motifs is 1. The first-order valence-electron chi connectivity index (χ1n) is 4.94. The summed E-state index contributed by atoms with van der Waals surface area (Å²) in [6, 6.07) is 0. The maximum atomic E-state index is 9.06. The summed E-state index contributed by atoms with van der Waals surface area (Å²) in [6.45, 7) is 5.85. The van der Waals surface area contributed by atoms with Crippen LogP contribution in [0.3, 0.4) is 0 Å². The third-order valence-corrected chi connectivity index (χ3v) is 2.94. The monoisotopic (exact) mass is 349 g/mol. The highest BCUT2D eigenvalue weighted by atomic mass is 79.9. The number of aliphatic hydroxyl groups is 1. The lowest BCUT2D eigenvalue weighted by Crippen LogP contribution is -1.92. The van der Waals surface area contributed by atoms with Crippen molar-refractivity contribution in [1.29, 1.82) is 0 Å². The van der Waals surface area contributed by atoms with E-state index in [0.717, 1.165) is 15.9 Å². The van der Waals surface area contributed by atoms with Crippen LogP contribution in [0.2, 0.25) is 0 Å². The van der Waals surface area contributed by atoms with Crippen LogP contribution in [0.25, 0.3) is 5.65 Å². The Morgan fingerprint density at radius 3 is 2.50 bits per heavy atom. The van der Waals surface area contributed by atoms with Gasteiger partial charge in [0.2, 0.25) is 0 Å². The quantitative estimate of drug-likeness (QED) is 0.859. The molecule has 0 aliphatic heterocycles. The standard InChI is InChI=1S/C8H7Br2N3O.C2H6/c1-4-5(3-14)11-8-7(10)12-6(9)2-13(4)8;1-2/h2,14H,3H2,1H3;1-2H3. The Morgan fingerprint density at radius 1 is 1.31 bits per heavy atom. The van der Waals surface area contributed by atoms with E-state index in [-0.39, 0.29) is 6.61 Å². The van der Waals surface area contributed by atoms with Gasteiger partial charge in [0.15, 0.2) is 10.3 Å². The molecule has 16 heavy (non-hydrogen) atoms. The molecule has 0 saturated carbocycles. The Bertz CT molecular complexity index is 496. The van der Waals surface area contributed by atoms with Crippen LogP contribution < -0.4 is 0 Å². The zero-order chi connectivity index (χ0) is 12.3. The van der Waals surface area contributed by atoms with Crippen LogP contribution in [-0.4, -0.2) is 19.5 Å². The molecule has 2 rings (SSSR count). The molecule has 0 radical (unpaired) electrons. The van der Waals surface area contributed by atoms with Gasteiger partial charge in [0, 0.05) is 11.9 Å². The topological polar surface area (TPSA) is 50.4 Å². The molecule has 0 bridgehead atoms. The smallest absolute Gasteiger partial charge is 0.170 e. The molecule has 6 heteroatoms. The summed E-state index contributed by atoms with van der Waals surface area (Å²) in [5, 5.41) is 9.06. The normalized spacial score (nSPS) is 10.1. The van der Waals surface area contributed by atoms with Crippen LogP contribution in [0.15, 0.2) is 15.4 Å². The van der Waals surface area contributed by atoms with Crippen LogP contribution in [0.4, 0.5) is 0 Å². The van der Waals surface area contributed by atoms with Gasteiger partial charge in [-0.1, -0.05) is 13.8 Å². The van der Waals surface area contributed by atoms with Gasteiger partial charge < -0.3 is 5.11 Å². The first kappa shape index (κ1) is 13.6. The van der Waals surface area contributed by atoms with Gasteiger partial charge in [-0.25, -0.2) is 9.97 Å². The molecule has 0 unspecified atom stereocenters. The van der Waals surface area contributed by atoms with E-state index in [1.165, 1.54) is 0 Å². The van der Waals surface area contributed by atoms with Crippen molar-refractivity contribution in [1.82, 2.24) is 14.4 Å². The van der Waals surface area contributed by atoms with E-state index in [1.807, 2.05) is 31.4 Å². The van der Waals surface area contributed by atoms with Gasteiger partial charge in [0.25, 0.3) is 0 Å². The molecule has 0 atom stereocenters. The molecule has 0 saturated heterocycles. The van der Waals surface area contributed by atoms with E-state index >= 15 is 0 Å². The maximum Gasteiger partial charge on any atom is 0.170 e. The third-order valence-electron chi connectivity index (χ3n) is 2.02. The van der Waals surface area contributed by atoms with Crippen molar-refractivity contribution in [3.05, 3.63) is 26.8 Å². The fraction of sp³-hybridized carbons (Fsp3) is 0.400. The lowest BCUT2D eigenvalue weighted by atomic mass is 10.4. The number of nitrogens with zero attached hydrogens (tertiary/aromatic N) is 3. The van der Waals surface area contributed by atoms with Gasteiger partial charge in [-0.2, -0.15) is 0 Å². The molecule has 0 aliphatic rings. The predicted molar refractivity (Wildman–Crippen MR) is 70.4 cm³/mol. The Morgan fingerprint density at radius 2 is 1.94 bits per heavy atom. The van der Waals surface area contributed by atoms with Crippen molar-refractivity contribution in [2.45, 2.75) is 27.4 Å². The van der Waals surface area contributed by atoms with Crippen LogP contribution >= 0.6 is 31.9 Å². The first-order valence-corrected chi connectivity index (χ1v) is 6.52. The van der Waals surface area contributed by atoms with Crippen LogP contribution in [-0.2, 0) is 6.61 Å². The van der Waals surface area contributed by atoms with Crippen molar-refractivity contribution < 1.29 is 5.11 Å². The molecule has 4 nitrogen and oxygen atoms in total. The second kappa shape index (κ2) is 5.75. The van der Waals surface area contributed by atoms with E-state index in [2.05, 4.69) is 41.8 Å². The minimum Gasteiger partial charge on any atom is -0.390 e. The average molecular weight is 351 g/mol. The van der Waals surface area contributed by atoms with E-state index in [9.17, 15) is 0 Å². The molecule has 2 heterocycles. The van der Waals surface area contributed by atoms with Crippen molar-refractivity contribution in [3.8, 4) is 0 Å². The molecule has 0 fully saturated rings. The second-order valence-electron chi connectivity index (χ2n) is 2.85. The molecule has 0 aliphatic carbocycles. The Labute approximate surface area is 111 Å². The third kappa shape index (κ3) is 2.44. The van der Waals surface area contributed by atoms with Gasteiger partial charge >= 0.3 is 0 Å². The highest BCUT2D eigenvalue weighted by Gasteiger charge is 2.11. The fourth-order valence-corrected chi connectivity index (χ4v) is 2.38. The first-order chi connectivity index (χ1) is 7.63. The number of aryl methyl sites for hydroxylation is 1. The van der Waals surface area contributed by atoms with Gasteiger partial charge in [0.1, 0.15) is 4.60 Å². The number of halogens is 2. The Kier molecular flexibility index (Phi) is 4.89. The van der Waals surface area contributed by atoms with Gasteiger partial charge in [-0.3, -0.25) is 4.40 Å². The van der Waals surface area contributed by atoms with E-state index < -0.39 is 0 Å². The number of hydrogen-bond acceptors (Lipinski definition) is 3. The molecular formula is C10H13Br2N3O. The second-order valence-corrected chi connectivity index (χ2v) is 4.41. The van der Waals surface area contributed by atoms with Gasteiger partial charge in [-0.15, -0.1) is 0 Å². The largest absolute Gasteiger partial charge is 0.390 e. The molecule has 2 aromatic heterocycles. The van der Waals surface area contributed by atoms with Gasteiger partial charge in [0.05, 0.1) is 12.3 Å².